The molecule has 0 radical (unpaired) electrons. The van der Waals surface area contributed by atoms with E-state index in [-0.39, 0.29) is 17.9 Å². The average molecular weight is 344 g/mol. The van der Waals surface area contributed by atoms with Crippen molar-refractivity contribution in [3.8, 4) is 11.4 Å². The zero-order valence-corrected chi connectivity index (χ0v) is 14.5. The van der Waals surface area contributed by atoms with Crippen LogP contribution in [0.3, 0.4) is 0 Å². The fourth-order valence-corrected chi connectivity index (χ4v) is 2.25. The van der Waals surface area contributed by atoms with Crippen molar-refractivity contribution in [2.45, 2.75) is 45.7 Å². The van der Waals surface area contributed by atoms with E-state index in [2.05, 4.69) is 25.8 Å². The van der Waals surface area contributed by atoms with E-state index < -0.39 is 0 Å². The Morgan fingerprint density at radius 3 is 2.44 bits per heavy atom. The molecule has 0 bridgehead atoms. The lowest BCUT2D eigenvalue weighted by atomic mass is 10.2. The summed E-state index contributed by atoms with van der Waals surface area (Å²) >= 11 is 0. The third-order valence-electron chi connectivity index (χ3n) is 3.41. The Kier molecular flexibility index (Phi) is 6.64. The number of nitrogens with zero attached hydrogens (tertiary/aromatic N) is 2. The molecule has 0 fully saturated rings. The lowest BCUT2D eigenvalue weighted by Gasteiger charge is -2.08. The van der Waals surface area contributed by atoms with Crippen molar-refractivity contribution >= 4 is 17.5 Å². The average Bonchev–Trinajstić information content (AvgIpc) is 3.04. The van der Waals surface area contributed by atoms with E-state index >= 15 is 0 Å². The summed E-state index contributed by atoms with van der Waals surface area (Å²) in [5.74, 6) is 1.03. The highest BCUT2D eigenvalue weighted by atomic mass is 16.2. The topological polar surface area (TPSA) is 126 Å². The van der Waals surface area contributed by atoms with E-state index in [0.717, 1.165) is 5.56 Å². The molecule has 25 heavy (non-hydrogen) atoms. The SMILES string of the molecule is CC(C)NC(=O)CCCC(=O)Nc1ccc(-c2n[nH]c(CN)n2)cc1. The van der Waals surface area contributed by atoms with Gasteiger partial charge in [0, 0.05) is 30.1 Å². The van der Waals surface area contributed by atoms with Crippen LogP contribution in [0.5, 0.6) is 0 Å². The molecule has 2 amide bonds. The van der Waals surface area contributed by atoms with Crippen molar-refractivity contribution in [3.05, 3.63) is 30.1 Å². The standard InChI is InChI=1S/C17H24N6O2/c1-11(2)19-15(24)4-3-5-16(25)20-13-8-6-12(7-9-13)17-21-14(10-18)22-23-17/h6-9,11H,3-5,10,18H2,1-2H3,(H,19,24)(H,20,25)(H,21,22,23). The minimum atomic E-state index is -0.117. The fraction of sp³-hybridized carbons (Fsp3) is 0.412. The molecule has 0 saturated carbocycles. The molecule has 0 spiro atoms. The Morgan fingerprint density at radius 1 is 1.16 bits per heavy atom. The summed E-state index contributed by atoms with van der Waals surface area (Å²) < 4.78 is 0. The van der Waals surface area contributed by atoms with Gasteiger partial charge >= 0.3 is 0 Å². The molecule has 134 valence electrons. The van der Waals surface area contributed by atoms with E-state index in [0.29, 0.717) is 43.1 Å². The van der Waals surface area contributed by atoms with E-state index in [1.54, 1.807) is 12.1 Å². The summed E-state index contributed by atoms with van der Waals surface area (Å²) in [6, 6.07) is 7.35. The molecule has 0 saturated heterocycles. The van der Waals surface area contributed by atoms with Gasteiger partial charge in [0.15, 0.2) is 5.82 Å². The number of nitrogens with two attached hydrogens (primary N) is 1. The van der Waals surface area contributed by atoms with Crippen LogP contribution in [0, 0.1) is 0 Å². The third kappa shape index (κ3) is 6.00. The van der Waals surface area contributed by atoms with Crippen molar-refractivity contribution in [3.63, 3.8) is 0 Å². The van der Waals surface area contributed by atoms with Crippen LogP contribution < -0.4 is 16.4 Å². The fourth-order valence-electron chi connectivity index (χ4n) is 2.25. The van der Waals surface area contributed by atoms with Crippen molar-refractivity contribution in [2.75, 3.05) is 5.32 Å². The van der Waals surface area contributed by atoms with E-state index in [1.165, 1.54) is 0 Å². The van der Waals surface area contributed by atoms with Crippen LogP contribution in [0.15, 0.2) is 24.3 Å². The van der Waals surface area contributed by atoms with Crippen LogP contribution in [-0.4, -0.2) is 33.0 Å². The summed E-state index contributed by atoms with van der Waals surface area (Å²) in [6.07, 6.45) is 1.16. The zero-order valence-electron chi connectivity index (χ0n) is 14.5. The van der Waals surface area contributed by atoms with Gasteiger partial charge in [-0.3, -0.25) is 14.7 Å². The van der Waals surface area contributed by atoms with Crippen LogP contribution in [0.2, 0.25) is 0 Å². The van der Waals surface area contributed by atoms with Gasteiger partial charge in [0.25, 0.3) is 0 Å². The van der Waals surface area contributed by atoms with E-state index in [1.807, 2.05) is 26.0 Å². The van der Waals surface area contributed by atoms with Crippen molar-refractivity contribution in [2.24, 2.45) is 5.73 Å². The highest BCUT2D eigenvalue weighted by molar-refractivity contribution is 5.91. The van der Waals surface area contributed by atoms with Crippen LogP contribution in [-0.2, 0) is 16.1 Å². The van der Waals surface area contributed by atoms with Gasteiger partial charge in [-0.1, -0.05) is 0 Å². The van der Waals surface area contributed by atoms with E-state index in [9.17, 15) is 9.59 Å². The van der Waals surface area contributed by atoms with Gasteiger partial charge in [0.1, 0.15) is 5.82 Å². The quantitative estimate of drug-likeness (QED) is 0.578. The lowest BCUT2D eigenvalue weighted by Crippen LogP contribution is -2.29. The molecule has 1 aromatic heterocycles. The molecule has 2 rings (SSSR count). The second-order valence-corrected chi connectivity index (χ2v) is 6.01. The van der Waals surface area contributed by atoms with E-state index in [4.69, 9.17) is 5.73 Å². The Hall–Kier alpha value is -2.74. The maximum absolute atomic E-state index is 11.9. The van der Waals surface area contributed by atoms with Crippen LogP contribution in [0.25, 0.3) is 11.4 Å². The number of nitrogens with one attached hydrogen (secondary N) is 3. The molecular weight excluding hydrogens is 320 g/mol. The van der Waals surface area contributed by atoms with Gasteiger partial charge in [-0.2, -0.15) is 5.10 Å². The smallest absolute Gasteiger partial charge is 0.224 e. The molecule has 0 aliphatic rings. The summed E-state index contributed by atoms with van der Waals surface area (Å²) in [6.45, 7) is 4.11. The Balaban J connectivity index is 1.80. The number of carbonyl (C=O) groups excluding carboxylic acids is 2. The molecule has 0 aliphatic carbocycles. The number of aromatic amines is 1. The first-order valence-electron chi connectivity index (χ1n) is 8.29. The molecule has 1 aromatic carbocycles. The molecule has 0 aliphatic heterocycles. The molecule has 0 atom stereocenters. The van der Waals surface area contributed by atoms with Gasteiger partial charge in [-0.25, -0.2) is 4.98 Å². The summed E-state index contributed by atoms with van der Waals surface area (Å²) in [5, 5.41) is 12.5. The Bertz CT molecular complexity index is 708. The largest absolute Gasteiger partial charge is 0.354 e. The van der Waals surface area contributed by atoms with Gasteiger partial charge in [0.2, 0.25) is 11.8 Å². The highest BCUT2D eigenvalue weighted by Crippen LogP contribution is 2.18. The number of amides is 2. The van der Waals surface area contributed by atoms with Crippen LogP contribution in [0.4, 0.5) is 5.69 Å². The van der Waals surface area contributed by atoms with Crippen LogP contribution >= 0.6 is 0 Å². The number of rotatable bonds is 8. The monoisotopic (exact) mass is 344 g/mol. The first kappa shape index (κ1) is 18.6. The predicted octanol–water partition coefficient (Wildman–Crippen LogP) is 1.56. The third-order valence-corrected chi connectivity index (χ3v) is 3.41. The van der Waals surface area contributed by atoms with Crippen molar-refractivity contribution in [1.82, 2.24) is 20.5 Å². The van der Waals surface area contributed by atoms with Gasteiger partial charge in [0.05, 0.1) is 6.54 Å². The molecule has 1 heterocycles. The summed E-state index contributed by atoms with van der Waals surface area (Å²) in [5.41, 5.74) is 7.02. The number of hydrogen-bond acceptors (Lipinski definition) is 5. The minimum Gasteiger partial charge on any atom is -0.354 e. The second-order valence-electron chi connectivity index (χ2n) is 6.01. The Morgan fingerprint density at radius 2 is 1.84 bits per heavy atom. The molecule has 8 heteroatoms. The second kappa shape index (κ2) is 8.93. The predicted molar refractivity (Wildman–Crippen MR) is 95.5 cm³/mol. The molecule has 8 nitrogen and oxygen atoms in total. The highest BCUT2D eigenvalue weighted by Gasteiger charge is 2.08. The first-order valence-corrected chi connectivity index (χ1v) is 8.29. The molecule has 0 unspecified atom stereocenters. The van der Waals surface area contributed by atoms with Gasteiger partial charge < -0.3 is 16.4 Å². The van der Waals surface area contributed by atoms with Crippen LogP contribution in [0.1, 0.15) is 38.9 Å². The lowest BCUT2D eigenvalue weighted by molar-refractivity contribution is -0.121. The first-order chi connectivity index (χ1) is 12.0. The molecular formula is C17H24N6O2. The molecule has 5 N–H and O–H groups in total. The van der Waals surface area contributed by atoms with Crippen molar-refractivity contribution in [1.29, 1.82) is 0 Å². The zero-order chi connectivity index (χ0) is 18.2. The number of anilines is 1. The number of benzene rings is 1. The maximum atomic E-state index is 11.9. The Labute approximate surface area is 146 Å². The van der Waals surface area contributed by atoms with Gasteiger partial charge in [-0.15, -0.1) is 0 Å². The van der Waals surface area contributed by atoms with Gasteiger partial charge in [-0.05, 0) is 44.5 Å². The number of carbonyl (C=O) groups is 2. The normalized spacial score (nSPS) is 10.7. The molecule has 2 aromatic rings. The number of aromatic nitrogens is 3. The minimum absolute atomic E-state index is 0.0319. The number of H-pyrrole nitrogens is 1. The maximum Gasteiger partial charge on any atom is 0.224 e. The summed E-state index contributed by atoms with van der Waals surface area (Å²) in [4.78, 5) is 27.7. The number of hydrogen-bond donors (Lipinski definition) is 4. The summed E-state index contributed by atoms with van der Waals surface area (Å²) in [7, 11) is 0. The van der Waals surface area contributed by atoms with Crippen molar-refractivity contribution < 1.29 is 9.59 Å².